The Labute approximate surface area is 115 Å². The fourth-order valence-corrected chi connectivity index (χ4v) is 4.06. The maximum Gasteiger partial charge on any atom is 0.281 e. The standard InChI is InChI=1S/C12H24N2O4S/c1-13(2)19(15,16)14-6-4-12(5-7-14)8-11(9-17-3)18-10-12/h11H,4-10H2,1-3H3/t11-/m0/s1. The molecule has 0 unspecified atom stereocenters. The Morgan fingerprint density at radius 3 is 2.53 bits per heavy atom. The highest BCUT2D eigenvalue weighted by Crippen LogP contribution is 2.42. The monoisotopic (exact) mass is 292 g/mol. The van der Waals surface area contributed by atoms with Gasteiger partial charge in [-0.3, -0.25) is 0 Å². The predicted octanol–water partition coefficient (Wildman–Crippen LogP) is 0.310. The van der Waals surface area contributed by atoms with Crippen LogP contribution in [-0.4, -0.2) is 70.6 Å². The molecule has 2 saturated heterocycles. The van der Waals surface area contributed by atoms with Crippen LogP contribution in [0.15, 0.2) is 0 Å². The molecule has 2 aliphatic rings. The molecule has 0 saturated carbocycles. The van der Waals surface area contributed by atoms with E-state index in [9.17, 15) is 8.42 Å². The molecule has 6 nitrogen and oxygen atoms in total. The molecular formula is C12H24N2O4S. The van der Waals surface area contributed by atoms with E-state index < -0.39 is 10.2 Å². The van der Waals surface area contributed by atoms with Crippen molar-refractivity contribution in [3.8, 4) is 0 Å². The lowest BCUT2D eigenvalue weighted by atomic mass is 9.77. The van der Waals surface area contributed by atoms with Crippen LogP contribution in [0.5, 0.6) is 0 Å². The van der Waals surface area contributed by atoms with E-state index in [1.54, 1.807) is 25.5 Å². The predicted molar refractivity (Wildman–Crippen MR) is 72.1 cm³/mol. The van der Waals surface area contributed by atoms with Crippen molar-refractivity contribution in [2.24, 2.45) is 5.41 Å². The van der Waals surface area contributed by atoms with Gasteiger partial charge in [0.2, 0.25) is 0 Å². The van der Waals surface area contributed by atoms with Gasteiger partial charge >= 0.3 is 0 Å². The third-order valence-corrected chi connectivity index (χ3v) is 6.15. The van der Waals surface area contributed by atoms with Gasteiger partial charge in [0.1, 0.15) is 0 Å². The molecule has 0 radical (unpaired) electrons. The molecule has 0 bridgehead atoms. The van der Waals surface area contributed by atoms with Crippen LogP contribution >= 0.6 is 0 Å². The minimum absolute atomic E-state index is 0.154. The molecule has 0 aromatic heterocycles. The molecule has 2 fully saturated rings. The fraction of sp³-hybridized carbons (Fsp3) is 1.00. The van der Waals surface area contributed by atoms with Crippen molar-refractivity contribution >= 4 is 10.2 Å². The van der Waals surface area contributed by atoms with Gasteiger partial charge in [0.15, 0.2) is 0 Å². The molecule has 0 aliphatic carbocycles. The lowest BCUT2D eigenvalue weighted by Gasteiger charge is -2.38. The van der Waals surface area contributed by atoms with E-state index in [2.05, 4.69) is 0 Å². The molecule has 2 heterocycles. The first kappa shape index (κ1) is 15.2. The molecule has 0 amide bonds. The second-order valence-corrected chi connectivity index (χ2v) is 7.92. The maximum absolute atomic E-state index is 12.1. The Balaban J connectivity index is 1.93. The van der Waals surface area contributed by atoms with Crippen molar-refractivity contribution in [2.75, 3.05) is 47.5 Å². The molecule has 112 valence electrons. The van der Waals surface area contributed by atoms with Crippen molar-refractivity contribution in [3.05, 3.63) is 0 Å². The van der Waals surface area contributed by atoms with Gasteiger partial charge in [0, 0.05) is 34.3 Å². The molecule has 0 aromatic rings. The van der Waals surface area contributed by atoms with Gasteiger partial charge in [0.25, 0.3) is 10.2 Å². The quantitative estimate of drug-likeness (QED) is 0.748. The van der Waals surface area contributed by atoms with Crippen molar-refractivity contribution in [1.82, 2.24) is 8.61 Å². The van der Waals surface area contributed by atoms with E-state index in [0.717, 1.165) is 25.9 Å². The van der Waals surface area contributed by atoms with Gasteiger partial charge in [-0.15, -0.1) is 0 Å². The Bertz CT molecular complexity index is 402. The summed E-state index contributed by atoms with van der Waals surface area (Å²) in [5, 5.41) is 0. The van der Waals surface area contributed by atoms with E-state index in [0.29, 0.717) is 19.7 Å². The SMILES string of the molecule is COC[C@@H]1CC2(CCN(S(=O)(=O)N(C)C)CC2)CO1. The highest BCUT2D eigenvalue weighted by atomic mass is 32.2. The number of methoxy groups -OCH3 is 1. The van der Waals surface area contributed by atoms with E-state index >= 15 is 0 Å². The molecule has 2 rings (SSSR count). The van der Waals surface area contributed by atoms with Crippen LogP contribution in [0.25, 0.3) is 0 Å². The summed E-state index contributed by atoms with van der Waals surface area (Å²) in [6.07, 6.45) is 2.90. The summed E-state index contributed by atoms with van der Waals surface area (Å²) in [4.78, 5) is 0. The fourth-order valence-electron chi connectivity index (χ4n) is 2.96. The van der Waals surface area contributed by atoms with Crippen molar-refractivity contribution in [2.45, 2.75) is 25.4 Å². The summed E-state index contributed by atoms with van der Waals surface area (Å²) in [6, 6.07) is 0. The molecule has 1 spiro atoms. The lowest BCUT2D eigenvalue weighted by Crippen LogP contribution is -2.47. The topological polar surface area (TPSA) is 59.1 Å². The number of hydrogen-bond acceptors (Lipinski definition) is 4. The minimum Gasteiger partial charge on any atom is -0.382 e. The molecule has 2 aliphatic heterocycles. The zero-order valence-corrected chi connectivity index (χ0v) is 12.8. The van der Waals surface area contributed by atoms with Crippen LogP contribution in [0, 0.1) is 5.41 Å². The summed E-state index contributed by atoms with van der Waals surface area (Å²) in [5.41, 5.74) is 0.154. The van der Waals surface area contributed by atoms with Gasteiger partial charge in [-0.1, -0.05) is 0 Å². The molecule has 0 aromatic carbocycles. The Morgan fingerprint density at radius 1 is 1.37 bits per heavy atom. The Kier molecular flexibility index (Phi) is 4.52. The first-order valence-corrected chi connectivity index (χ1v) is 8.07. The smallest absolute Gasteiger partial charge is 0.281 e. The normalized spacial score (nSPS) is 28.3. The van der Waals surface area contributed by atoms with E-state index in [4.69, 9.17) is 9.47 Å². The van der Waals surface area contributed by atoms with Gasteiger partial charge in [0.05, 0.1) is 19.3 Å². The van der Waals surface area contributed by atoms with Crippen molar-refractivity contribution in [3.63, 3.8) is 0 Å². The summed E-state index contributed by atoms with van der Waals surface area (Å²) >= 11 is 0. The molecule has 0 N–H and O–H groups in total. The third kappa shape index (κ3) is 3.11. The number of piperidine rings is 1. The van der Waals surface area contributed by atoms with E-state index in [1.165, 1.54) is 4.31 Å². The summed E-state index contributed by atoms with van der Waals surface area (Å²) in [6.45, 7) is 2.53. The average Bonchev–Trinajstić information content (AvgIpc) is 2.73. The first-order valence-electron chi connectivity index (χ1n) is 6.68. The van der Waals surface area contributed by atoms with E-state index in [1.807, 2.05) is 0 Å². The number of nitrogens with zero attached hydrogens (tertiary/aromatic N) is 2. The highest BCUT2D eigenvalue weighted by molar-refractivity contribution is 7.86. The summed E-state index contributed by atoms with van der Waals surface area (Å²) in [5.74, 6) is 0. The Hall–Kier alpha value is -0.210. The summed E-state index contributed by atoms with van der Waals surface area (Å²) < 4.78 is 37.8. The second-order valence-electron chi connectivity index (χ2n) is 5.78. The molecule has 1 atom stereocenters. The van der Waals surface area contributed by atoms with Crippen LogP contribution in [-0.2, 0) is 19.7 Å². The van der Waals surface area contributed by atoms with Crippen LogP contribution in [0.3, 0.4) is 0 Å². The highest BCUT2D eigenvalue weighted by Gasteiger charge is 2.44. The zero-order chi connectivity index (χ0) is 14.1. The molecular weight excluding hydrogens is 268 g/mol. The number of ether oxygens (including phenoxy) is 2. The van der Waals surface area contributed by atoms with Gasteiger partial charge in [-0.05, 0) is 24.7 Å². The first-order chi connectivity index (χ1) is 8.89. The van der Waals surface area contributed by atoms with E-state index in [-0.39, 0.29) is 11.5 Å². The Morgan fingerprint density at radius 2 is 2.00 bits per heavy atom. The van der Waals surface area contributed by atoms with Crippen LogP contribution in [0.2, 0.25) is 0 Å². The zero-order valence-electron chi connectivity index (χ0n) is 12.0. The molecule has 7 heteroatoms. The average molecular weight is 292 g/mol. The second kappa shape index (κ2) is 5.65. The van der Waals surface area contributed by atoms with Crippen LogP contribution in [0.1, 0.15) is 19.3 Å². The summed E-state index contributed by atoms with van der Waals surface area (Å²) in [7, 11) is 1.57. The third-order valence-electron chi connectivity index (χ3n) is 4.21. The number of rotatable bonds is 4. The van der Waals surface area contributed by atoms with Crippen molar-refractivity contribution in [1.29, 1.82) is 0 Å². The van der Waals surface area contributed by atoms with Crippen molar-refractivity contribution < 1.29 is 17.9 Å². The van der Waals surface area contributed by atoms with Gasteiger partial charge in [-0.25, -0.2) is 0 Å². The lowest BCUT2D eigenvalue weighted by molar-refractivity contribution is 0.0311. The van der Waals surface area contributed by atoms with Crippen LogP contribution in [0.4, 0.5) is 0 Å². The number of hydrogen-bond donors (Lipinski definition) is 0. The maximum atomic E-state index is 12.1. The minimum atomic E-state index is -3.27. The van der Waals surface area contributed by atoms with Crippen LogP contribution < -0.4 is 0 Å². The van der Waals surface area contributed by atoms with Gasteiger partial charge in [-0.2, -0.15) is 17.0 Å². The largest absolute Gasteiger partial charge is 0.382 e. The van der Waals surface area contributed by atoms with Gasteiger partial charge < -0.3 is 9.47 Å². The molecule has 19 heavy (non-hydrogen) atoms.